The highest BCUT2D eigenvalue weighted by Crippen LogP contribution is 2.36. The molecule has 0 aliphatic carbocycles. The number of aliphatic hydroxyl groups is 1. The van der Waals surface area contributed by atoms with Crippen molar-refractivity contribution in [2.45, 2.75) is 45.0 Å². The third kappa shape index (κ3) is 4.91. The Bertz CT molecular complexity index is 904. The number of carbonyl (C=O) groups excluding carboxylic acids is 1. The van der Waals surface area contributed by atoms with E-state index >= 15 is 0 Å². The van der Waals surface area contributed by atoms with Gasteiger partial charge in [0.1, 0.15) is 28.2 Å². The van der Waals surface area contributed by atoms with Gasteiger partial charge in [0, 0.05) is 18.7 Å². The zero-order chi connectivity index (χ0) is 21.4. The van der Waals surface area contributed by atoms with Crippen molar-refractivity contribution in [1.29, 1.82) is 0 Å². The Labute approximate surface area is 175 Å². The first kappa shape index (κ1) is 21.6. The quantitative estimate of drug-likeness (QED) is 0.739. The fraction of sp³-hybridized carbons (Fsp3) is 0.524. The molecule has 3 rings (SSSR count). The number of ether oxygens (including phenoxy) is 3. The number of rotatable bonds is 5. The number of methoxy groups -OCH3 is 1. The van der Waals surface area contributed by atoms with Crippen molar-refractivity contribution >= 4 is 28.5 Å². The molecule has 1 aromatic carbocycles. The topological polar surface area (TPSA) is 81.1 Å². The van der Waals surface area contributed by atoms with Crippen LogP contribution in [0.15, 0.2) is 24.4 Å². The smallest absolute Gasteiger partial charge is 0.410 e. The number of benzene rings is 1. The molecule has 1 N–H and O–H groups in total. The molecular weight excluding hydrogens is 396 g/mol. The molecule has 0 spiro atoms. The first-order valence-electron chi connectivity index (χ1n) is 9.45. The number of carbonyl (C=O) groups is 1. The van der Waals surface area contributed by atoms with E-state index in [0.717, 1.165) is 10.8 Å². The summed E-state index contributed by atoms with van der Waals surface area (Å²) in [5.41, 5.74) is -1.05. The van der Waals surface area contributed by atoms with Crippen molar-refractivity contribution in [1.82, 2.24) is 9.88 Å². The fourth-order valence-corrected chi connectivity index (χ4v) is 3.44. The van der Waals surface area contributed by atoms with Crippen LogP contribution in [0.4, 0.5) is 4.79 Å². The highest BCUT2D eigenvalue weighted by Gasteiger charge is 2.35. The number of hydrogen-bond donors (Lipinski definition) is 1. The first-order valence-corrected chi connectivity index (χ1v) is 9.82. The van der Waals surface area contributed by atoms with Gasteiger partial charge in [-0.1, -0.05) is 17.7 Å². The average molecular weight is 423 g/mol. The second-order valence-electron chi connectivity index (χ2n) is 8.50. The molecule has 2 heterocycles. The van der Waals surface area contributed by atoms with Crippen molar-refractivity contribution in [3.05, 3.63) is 35.1 Å². The molecular formula is C21H27ClN2O5. The second kappa shape index (κ2) is 7.97. The molecule has 1 unspecified atom stereocenters. The molecule has 8 heteroatoms. The molecule has 1 aliphatic heterocycles. The number of likely N-dealkylation sites (tertiary alicyclic amines) is 1. The van der Waals surface area contributed by atoms with E-state index < -0.39 is 11.2 Å². The van der Waals surface area contributed by atoms with Gasteiger partial charge in [-0.25, -0.2) is 9.78 Å². The molecule has 1 amide bonds. The van der Waals surface area contributed by atoms with Crippen LogP contribution in [0.25, 0.3) is 10.8 Å². The molecule has 29 heavy (non-hydrogen) atoms. The van der Waals surface area contributed by atoms with Crippen LogP contribution >= 0.6 is 11.6 Å². The van der Waals surface area contributed by atoms with Crippen LogP contribution in [0, 0.1) is 0 Å². The van der Waals surface area contributed by atoms with E-state index in [-0.39, 0.29) is 18.8 Å². The predicted molar refractivity (Wildman–Crippen MR) is 110 cm³/mol. The van der Waals surface area contributed by atoms with Crippen LogP contribution in [0.2, 0.25) is 5.15 Å². The summed E-state index contributed by atoms with van der Waals surface area (Å²) < 4.78 is 16.6. The lowest BCUT2D eigenvalue weighted by molar-refractivity contribution is -0.0225. The Morgan fingerprint density at radius 1 is 1.28 bits per heavy atom. The van der Waals surface area contributed by atoms with Gasteiger partial charge >= 0.3 is 6.09 Å². The monoisotopic (exact) mass is 422 g/mol. The summed E-state index contributed by atoms with van der Waals surface area (Å²) in [5.74, 6) is 0.620. The molecule has 158 valence electrons. The summed E-state index contributed by atoms with van der Waals surface area (Å²) in [6.07, 6.45) is 1.14. The Hall–Kier alpha value is -2.09. The normalized spacial score (nSPS) is 17.0. The van der Waals surface area contributed by atoms with Gasteiger partial charge in [-0.2, -0.15) is 0 Å². The number of aromatic nitrogens is 1. The number of amides is 1. The molecule has 1 aromatic heterocycles. The lowest BCUT2D eigenvalue weighted by Crippen LogP contribution is -2.57. The van der Waals surface area contributed by atoms with Crippen LogP contribution < -0.4 is 4.74 Å². The van der Waals surface area contributed by atoms with E-state index in [0.29, 0.717) is 29.6 Å². The number of hydrogen-bond acceptors (Lipinski definition) is 6. The van der Waals surface area contributed by atoms with E-state index in [2.05, 4.69) is 4.98 Å². The molecule has 1 saturated heterocycles. The molecule has 0 bridgehead atoms. The van der Waals surface area contributed by atoms with E-state index in [9.17, 15) is 9.90 Å². The standard InChI is InChI=1S/C21H27ClN2O5/c1-20(2,3)29-19(25)24-10-13(11-24)28-17-7-6-16(21(4,26)12-27-5)14-8-18(22)23-9-15(14)17/h6-9,13,26H,10-12H2,1-5H3. The van der Waals surface area contributed by atoms with Crippen LogP contribution in [-0.2, 0) is 15.1 Å². The van der Waals surface area contributed by atoms with Crippen LogP contribution in [0.1, 0.15) is 33.3 Å². The number of pyridine rings is 1. The minimum absolute atomic E-state index is 0.135. The van der Waals surface area contributed by atoms with Gasteiger partial charge in [-0.15, -0.1) is 0 Å². The van der Waals surface area contributed by atoms with Gasteiger partial charge in [-0.05, 0) is 50.8 Å². The van der Waals surface area contributed by atoms with Crippen LogP contribution in [0.5, 0.6) is 5.75 Å². The van der Waals surface area contributed by atoms with E-state index in [1.165, 1.54) is 7.11 Å². The molecule has 1 fully saturated rings. The fourth-order valence-electron chi connectivity index (χ4n) is 3.29. The Balaban J connectivity index is 1.79. The highest BCUT2D eigenvalue weighted by atomic mass is 35.5. The third-order valence-corrected chi connectivity index (χ3v) is 4.83. The van der Waals surface area contributed by atoms with Crippen molar-refractivity contribution in [2.24, 2.45) is 0 Å². The van der Waals surface area contributed by atoms with E-state index in [4.69, 9.17) is 25.8 Å². The van der Waals surface area contributed by atoms with Gasteiger partial charge in [-0.3, -0.25) is 0 Å². The Kier molecular flexibility index (Phi) is 5.94. The maximum absolute atomic E-state index is 12.1. The molecule has 0 radical (unpaired) electrons. The minimum Gasteiger partial charge on any atom is -0.486 e. The maximum atomic E-state index is 12.1. The van der Waals surface area contributed by atoms with Gasteiger partial charge < -0.3 is 24.2 Å². The Morgan fingerprint density at radius 3 is 2.59 bits per heavy atom. The van der Waals surface area contributed by atoms with E-state index in [1.54, 1.807) is 36.2 Å². The summed E-state index contributed by atoms with van der Waals surface area (Å²) in [7, 11) is 1.54. The van der Waals surface area contributed by atoms with Crippen LogP contribution in [0.3, 0.4) is 0 Å². The van der Waals surface area contributed by atoms with Gasteiger partial charge in [0.05, 0.1) is 19.7 Å². The average Bonchev–Trinajstić information content (AvgIpc) is 2.55. The third-order valence-electron chi connectivity index (χ3n) is 4.63. The van der Waals surface area contributed by atoms with Gasteiger partial charge in [0.15, 0.2) is 0 Å². The molecule has 2 aromatic rings. The second-order valence-corrected chi connectivity index (χ2v) is 8.88. The molecule has 0 saturated carbocycles. The highest BCUT2D eigenvalue weighted by molar-refractivity contribution is 6.30. The molecule has 7 nitrogen and oxygen atoms in total. The van der Waals surface area contributed by atoms with Crippen molar-refractivity contribution in [2.75, 3.05) is 26.8 Å². The Morgan fingerprint density at radius 2 is 1.97 bits per heavy atom. The zero-order valence-electron chi connectivity index (χ0n) is 17.4. The van der Waals surface area contributed by atoms with Gasteiger partial charge in [0.25, 0.3) is 0 Å². The molecule has 1 aliphatic rings. The molecule has 1 atom stereocenters. The predicted octanol–water partition coefficient (Wildman–Crippen LogP) is 3.74. The number of halogens is 1. The number of fused-ring (bicyclic) bond motifs is 1. The van der Waals surface area contributed by atoms with Crippen molar-refractivity contribution in [3.63, 3.8) is 0 Å². The summed E-state index contributed by atoms with van der Waals surface area (Å²) >= 11 is 6.10. The summed E-state index contributed by atoms with van der Waals surface area (Å²) in [5, 5.41) is 12.6. The largest absolute Gasteiger partial charge is 0.486 e. The first-order chi connectivity index (χ1) is 13.5. The van der Waals surface area contributed by atoms with Crippen LogP contribution in [-0.4, -0.2) is 59.6 Å². The van der Waals surface area contributed by atoms with Gasteiger partial charge in [0.2, 0.25) is 0 Å². The summed E-state index contributed by atoms with van der Waals surface area (Å²) in [4.78, 5) is 17.9. The SMILES string of the molecule is COCC(C)(O)c1ccc(OC2CN(C(=O)OC(C)(C)C)C2)c2cnc(Cl)cc12. The lowest BCUT2D eigenvalue weighted by atomic mass is 9.92. The van der Waals surface area contributed by atoms with Crippen molar-refractivity contribution < 1.29 is 24.1 Å². The summed E-state index contributed by atoms with van der Waals surface area (Å²) in [6.45, 7) is 8.22. The van der Waals surface area contributed by atoms with E-state index in [1.807, 2.05) is 20.8 Å². The minimum atomic E-state index is -1.19. The van der Waals surface area contributed by atoms with Crippen molar-refractivity contribution in [3.8, 4) is 5.75 Å². The number of nitrogens with zero attached hydrogens (tertiary/aromatic N) is 2. The maximum Gasteiger partial charge on any atom is 0.410 e. The summed E-state index contributed by atoms with van der Waals surface area (Å²) in [6, 6.07) is 5.31. The lowest BCUT2D eigenvalue weighted by Gasteiger charge is -2.39. The zero-order valence-corrected chi connectivity index (χ0v) is 18.1.